The first-order chi connectivity index (χ1) is 19.4. The van der Waals surface area contributed by atoms with Crippen molar-refractivity contribution in [1.82, 2.24) is 19.9 Å². The van der Waals surface area contributed by atoms with Gasteiger partial charge in [0.2, 0.25) is 0 Å². The highest BCUT2D eigenvalue weighted by Crippen LogP contribution is 2.41. The molecule has 0 saturated heterocycles. The first-order valence-corrected chi connectivity index (χ1v) is 17.3. The minimum atomic E-state index is -2.02. The topological polar surface area (TPSA) is 86.5 Å². The molecule has 0 N–H and O–H groups in total. The Morgan fingerprint density at radius 2 is 1.29 bits per heavy atom. The van der Waals surface area contributed by atoms with E-state index in [1.54, 1.807) is 35.1 Å². The van der Waals surface area contributed by atoms with Gasteiger partial charge in [0.1, 0.15) is 25.9 Å². The largest absolute Gasteiger partial charge is 0.373 e. The fourth-order valence-electron chi connectivity index (χ4n) is 5.86. The third-order valence-electron chi connectivity index (χ3n) is 8.00. The molecule has 1 aromatic heterocycles. The smallest absolute Gasteiger partial charge is 0.262 e. The van der Waals surface area contributed by atoms with E-state index < -0.39 is 19.7 Å². The van der Waals surface area contributed by atoms with Crippen LogP contribution in [0.5, 0.6) is 0 Å². The minimum Gasteiger partial charge on any atom is -0.373 e. The second-order valence-electron chi connectivity index (χ2n) is 14.2. The quantitative estimate of drug-likeness (QED) is 0.167. The van der Waals surface area contributed by atoms with Crippen LogP contribution >= 0.6 is 0 Å². The summed E-state index contributed by atoms with van der Waals surface area (Å²) in [6.07, 6.45) is 1.79. The Labute approximate surface area is 253 Å². The second kappa shape index (κ2) is 12.8. The highest BCUT2D eigenvalue weighted by Gasteiger charge is 2.43. The molecule has 3 rings (SSSR count). The van der Waals surface area contributed by atoms with Crippen LogP contribution in [0.3, 0.4) is 0 Å². The van der Waals surface area contributed by atoms with E-state index in [9.17, 15) is 9.59 Å². The first-order valence-electron chi connectivity index (χ1n) is 15.1. The van der Waals surface area contributed by atoms with Crippen LogP contribution in [0.4, 0.5) is 0 Å². The third-order valence-corrected chi connectivity index (χ3v) is 14.3. The SMILES string of the molecule is CC(C)[Si](C#C[C@@H](COC(C)(C)C)n1cc([C@@H](COC(C)(C)C)N2C(=O)c3ccccc3C2=O)nn1)(C(C)C)C(C)C. The van der Waals surface area contributed by atoms with E-state index >= 15 is 0 Å². The van der Waals surface area contributed by atoms with Crippen molar-refractivity contribution in [2.45, 2.75) is 123 Å². The van der Waals surface area contributed by atoms with Gasteiger partial charge in [-0.1, -0.05) is 64.8 Å². The van der Waals surface area contributed by atoms with Crippen molar-refractivity contribution in [2.75, 3.05) is 13.2 Å². The van der Waals surface area contributed by atoms with E-state index in [2.05, 4.69) is 63.3 Å². The lowest BCUT2D eigenvalue weighted by molar-refractivity contribution is -0.0297. The number of fused-ring (bicyclic) bond motifs is 1. The summed E-state index contributed by atoms with van der Waals surface area (Å²) in [4.78, 5) is 28.2. The van der Waals surface area contributed by atoms with E-state index in [4.69, 9.17) is 9.47 Å². The number of nitrogens with zero attached hydrogens (tertiary/aromatic N) is 4. The van der Waals surface area contributed by atoms with Gasteiger partial charge in [-0.2, -0.15) is 0 Å². The first kappa shape index (κ1) is 33.7. The number of hydrogen-bond donors (Lipinski definition) is 0. The van der Waals surface area contributed by atoms with E-state index in [-0.39, 0.29) is 30.1 Å². The molecule has 0 radical (unpaired) electrons. The highest BCUT2D eigenvalue weighted by molar-refractivity contribution is 6.90. The van der Waals surface area contributed by atoms with E-state index in [1.807, 2.05) is 41.5 Å². The molecule has 8 nitrogen and oxygen atoms in total. The van der Waals surface area contributed by atoms with Crippen LogP contribution in [0.15, 0.2) is 30.5 Å². The number of benzene rings is 1. The van der Waals surface area contributed by atoms with Gasteiger partial charge in [-0.25, -0.2) is 4.68 Å². The van der Waals surface area contributed by atoms with Gasteiger partial charge in [0.25, 0.3) is 11.8 Å². The molecule has 0 bridgehead atoms. The lowest BCUT2D eigenvalue weighted by atomic mass is 10.1. The molecular weight excluding hydrogens is 544 g/mol. The Morgan fingerprint density at radius 1 is 0.810 bits per heavy atom. The Kier molecular flexibility index (Phi) is 10.3. The van der Waals surface area contributed by atoms with Gasteiger partial charge < -0.3 is 9.47 Å². The molecule has 2 heterocycles. The maximum absolute atomic E-state index is 13.5. The normalized spacial score (nSPS) is 15.8. The summed E-state index contributed by atoms with van der Waals surface area (Å²) in [5.74, 6) is 2.85. The van der Waals surface area contributed by atoms with Gasteiger partial charge in [0.15, 0.2) is 0 Å². The number of hydrogen-bond acceptors (Lipinski definition) is 6. The maximum atomic E-state index is 13.5. The molecule has 42 heavy (non-hydrogen) atoms. The zero-order valence-electron chi connectivity index (χ0n) is 27.6. The van der Waals surface area contributed by atoms with Crippen LogP contribution in [0.25, 0.3) is 0 Å². The predicted octanol–water partition coefficient (Wildman–Crippen LogP) is 7.01. The number of rotatable bonds is 10. The standard InChI is InChI=1S/C33H50N4O4Si/c1-22(2)42(23(3)4,24(5)6)18-17-25(20-40-32(7,8)9)36-19-28(34-35-36)29(21-41-33(10,11)12)37-30(38)26-15-13-14-16-27(26)31(37)39/h13-16,19,22-25,29H,20-21H2,1-12H3/t25-,29+/m0/s1. The van der Waals surface area contributed by atoms with Gasteiger partial charge in [0, 0.05) is 0 Å². The minimum absolute atomic E-state index is 0.0899. The van der Waals surface area contributed by atoms with Crippen molar-refractivity contribution in [3.05, 3.63) is 47.3 Å². The molecule has 2 amide bonds. The molecule has 2 atom stereocenters. The van der Waals surface area contributed by atoms with Gasteiger partial charge >= 0.3 is 0 Å². The average Bonchev–Trinajstić information content (AvgIpc) is 3.44. The van der Waals surface area contributed by atoms with E-state index in [0.29, 0.717) is 40.1 Å². The molecule has 1 aliphatic rings. The Balaban J connectivity index is 2.07. The number of carbonyl (C=O) groups excluding carboxylic acids is 2. The lowest BCUT2D eigenvalue weighted by Crippen LogP contribution is -2.43. The van der Waals surface area contributed by atoms with Gasteiger partial charge in [0.05, 0.1) is 41.7 Å². The zero-order chi connectivity index (χ0) is 31.6. The fraction of sp³-hybridized carbons (Fsp3) is 0.636. The van der Waals surface area contributed by atoms with Crippen molar-refractivity contribution in [3.8, 4) is 11.5 Å². The third kappa shape index (κ3) is 7.39. The number of ether oxygens (including phenoxy) is 2. The molecule has 0 saturated carbocycles. The number of imide groups is 1. The predicted molar refractivity (Wildman–Crippen MR) is 169 cm³/mol. The molecule has 2 aromatic rings. The van der Waals surface area contributed by atoms with Crippen LogP contribution in [-0.2, 0) is 9.47 Å². The molecule has 230 valence electrons. The molecule has 0 aliphatic carbocycles. The van der Waals surface area contributed by atoms with Crippen LogP contribution in [0, 0.1) is 11.5 Å². The summed E-state index contributed by atoms with van der Waals surface area (Å²) in [5, 5.41) is 8.97. The van der Waals surface area contributed by atoms with Crippen LogP contribution < -0.4 is 0 Å². The molecule has 0 unspecified atom stereocenters. The second-order valence-corrected chi connectivity index (χ2v) is 19.8. The monoisotopic (exact) mass is 594 g/mol. The molecule has 0 spiro atoms. The Hall–Kier alpha value is -2.80. The van der Waals surface area contributed by atoms with Crippen molar-refractivity contribution in [3.63, 3.8) is 0 Å². The average molecular weight is 595 g/mol. The maximum Gasteiger partial charge on any atom is 0.262 e. The van der Waals surface area contributed by atoms with Gasteiger partial charge in [-0.3, -0.25) is 14.5 Å². The summed E-state index contributed by atoms with van der Waals surface area (Å²) in [6.45, 7) is 26.0. The van der Waals surface area contributed by atoms with Crippen LogP contribution in [0.2, 0.25) is 16.6 Å². The zero-order valence-corrected chi connectivity index (χ0v) is 28.6. The summed E-state index contributed by atoms with van der Waals surface area (Å²) in [5.41, 5.74) is 5.63. The van der Waals surface area contributed by atoms with Crippen molar-refractivity contribution < 1.29 is 19.1 Å². The summed E-state index contributed by atoms with van der Waals surface area (Å²) in [6, 6.07) is 5.74. The van der Waals surface area contributed by atoms with E-state index in [0.717, 1.165) is 0 Å². The van der Waals surface area contributed by atoms with Crippen LogP contribution in [-0.4, -0.2) is 64.2 Å². The van der Waals surface area contributed by atoms with Gasteiger partial charge in [-0.15, -0.1) is 10.6 Å². The lowest BCUT2D eigenvalue weighted by Gasteiger charge is -2.38. The highest BCUT2D eigenvalue weighted by atomic mass is 28.3. The molecule has 9 heteroatoms. The molecular formula is C33H50N4O4Si. The van der Waals surface area contributed by atoms with Crippen molar-refractivity contribution in [1.29, 1.82) is 0 Å². The Bertz CT molecular complexity index is 1270. The van der Waals surface area contributed by atoms with Crippen molar-refractivity contribution >= 4 is 19.9 Å². The van der Waals surface area contributed by atoms with Gasteiger partial charge in [-0.05, 0) is 70.3 Å². The fourth-order valence-corrected chi connectivity index (χ4v) is 11.1. The van der Waals surface area contributed by atoms with E-state index in [1.165, 1.54) is 4.90 Å². The van der Waals surface area contributed by atoms with Crippen LogP contribution in [0.1, 0.15) is 122 Å². The number of amides is 2. The molecule has 1 aliphatic heterocycles. The molecule has 1 aromatic carbocycles. The Morgan fingerprint density at radius 3 is 1.74 bits per heavy atom. The molecule has 0 fully saturated rings. The summed E-state index contributed by atoms with van der Waals surface area (Å²) in [7, 11) is -2.02. The number of aromatic nitrogens is 3. The summed E-state index contributed by atoms with van der Waals surface area (Å²) < 4.78 is 14.0. The number of carbonyl (C=O) groups is 2. The summed E-state index contributed by atoms with van der Waals surface area (Å²) >= 11 is 0. The van der Waals surface area contributed by atoms with Crippen molar-refractivity contribution in [2.24, 2.45) is 0 Å².